The summed E-state index contributed by atoms with van der Waals surface area (Å²) in [6.45, 7) is 4.04. The van der Waals surface area contributed by atoms with E-state index in [1.807, 2.05) is 24.3 Å². The number of rotatable bonds is 3. The highest BCUT2D eigenvalue weighted by atomic mass is 35.5. The molecule has 0 aliphatic carbocycles. The predicted molar refractivity (Wildman–Crippen MR) is 111 cm³/mol. The normalized spacial score (nSPS) is 15.7. The maximum atomic E-state index is 12.1. The monoisotopic (exact) mass is 394 g/mol. The number of halogens is 1. The first-order valence-electron chi connectivity index (χ1n) is 9.04. The number of aromatic nitrogens is 1. The van der Waals surface area contributed by atoms with Crippen LogP contribution in [0.15, 0.2) is 42.5 Å². The van der Waals surface area contributed by atoms with Gasteiger partial charge in [0.15, 0.2) is 0 Å². The molecular weight excluding hydrogens is 376 g/mol. The second-order valence-corrected chi connectivity index (χ2v) is 7.23. The molecule has 2 aromatic carbocycles. The molecule has 6 heteroatoms. The van der Waals surface area contributed by atoms with E-state index in [0.717, 1.165) is 23.2 Å². The summed E-state index contributed by atoms with van der Waals surface area (Å²) in [5.41, 5.74) is 4.18. The molecule has 3 aromatic rings. The van der Waals surface area contributed by atoms with Gasteiger partial charge in [0.1, 0.15) is 5.75 Å². The fraction of sp³-hybridized carbons (Fsp3) is 0.182. The van der Waals surface area contributed by atoms with Crippen molar-refractivity contribution in [1.82, 2.24) is 9.88 Å². The molecular formula is C22H19ClN2O3. The minimum atomic E-state index is -0.945. The number of likely N-dealkylation sites (N-methyl/N-ethyl adjacent to an activating group) is 1. The van der Waals surface area contributed by atoms with Gasteiger partial charge >= 0.3 is 5.97 Å². The van der Waals surface area contributed by atoms with Crippen LogP contribution in [0.3, 0.4) is 0 Å². The summed E-state index contributed by atoms with van der Waals surface area (Å²) in [5, 5.41) is 20.5. The van der Waals surface area contributed by atoms with Gasteiger partial charge in [-0.3, -0.25) is 4.90 Å². The van der Waals surface area contributed by atoms with Crippen molar-refractivity contribution >= 4 is 40.1 Å². The van der Waals surface area contributed by atoms with E-state index in [4.69, 9.17) is 16.6 Å². The van der Waals surface area contributed by atoms with Crippen LogP contribution in [0.1, 0.15) is 34.1 Å². The maximum Gasteiger partial charge on any atom is 0.336 e. The Morgan fingerprint density at radius 3 is 2.75 bits per heavy atom. The number of carboxylic acids is 1. The number of benzene rings is 2. The number of phenols is 1. The van der Waals surface area contributed by atoms with Crippen LogP contribution in [-0.4, -0.2) is 39.2 Å². The standard InChI is InChI=1S/C22H19ClN2O3/c1-2-25-11-14(9-13-7-8-19(26)17(23)10-13)21-16(12-25)20(22(27)28)15-5-3-4-6-18(15)24-21/h3-10,26H,2,11-12H2,1H3,(H,27,28)/b14-9-. The summed E-state index contributed by atoms with van der Waals surface area (Å²) in [7, 11) is 0. The average molecular weight is 395 g/mol. The first-order valence-corrected chi connectivity index (χ1v) is 9.42. The first-order chi connectivity index (χ1) is 13.5. The topological polar surface area (TPSA) is 73.7 Å². The molecule has 2 heterocycles. The lowest BCUT2D eigenvalue weighted by Crippen LogP contribution is -2.31. The molecule has 1 aromatic heterocycles. The fourth-order valence-electron chi connectivity index (χ4n) is 3.66. The van der Waals surface area contributed by atoms with E-state index in [-0.39, 0.29) is 10.8 Å². The Bertz CT molecular complexity index is 1120. The second kappa shape index (κ2) is 7.26. The lowest BCUT2D eigenvalue weighted by Gasteiger charge is -2.30. The number of hydrogen-bond donors (Lipinski definition) is 2. The number of hydrogen-bond acceptors (Lipinski definition) is 4. The summed E-state index contributed by atoms with van der Waals surface area (Å²) in [4.78, 5) is 19.1. The molecule has 0 amide bonds. The van der Waals surface area contributed by atoms with Gasteiger partial charge in [-0.15, -0.1) is 0 Å². The Morgan fingerprint density at radius 1 is 1.25 bits per heavy atom. The van der Waals surface area contributed by atoms with Gasteiger partial charge in [0.2, 0.25) is 0 Å². The Hall–Kier alpha value is -2.89. The van der Waals surface area contributed by atoms with Crippen LogP contribution in [-0.2, 0) is 6.54 Å². The van der Waals surface area contributed by atoms with E-state index < -0.39 is 5.97 Å². The smallest absolute Gasteiger partial charge is 0.336 e. The van der Waals surface area contributed by atoms with Crippen molar-refractivity contribution in [3.05, 3.63) is 69.9 Å². The zero-order chi connectivity index (χ0) is 19.8. The van der Waals surface area contributed by atoms with Gasteiger partial charge in [-0.05, 0) is 42.0 Å². The zero-order valence-electron chi connectivity index (χ0n) is 15.3. The van der Waals surface area contributed by atoms with Gasteiger partial charge in [-0.25, -0.2) is 9.78 Å². The third kappa shape index (κ3) is 3.23. The molecule has 0 saturated heterocycles. The Balaban J connectivity index is 1.97. The van der Waals surface area contributed by atoms with Crippen molar-refractivity contribution in [3.8, 4) is 5.75 Å². The molecule has 2 N–H and O–H groups in total. The molecule has 5 nitrogen and oxygen atoms in total. The third-order valence-electron chi connectivity index (χ3n) is 5.05. The molecule has 4 rings (SSSR count). The summed E-state index contributed by atoms with van der Waals surface area (Å²) >= 11 is 6.05. The molecule has 28 heavy (non-hydrogen) atoms. The van der Waals surface area contributed by atoms with Gasteiger partial charge in [-0.1, -0.05) is 42.8 Å². The zero-order valence-corrected chi connectivity index (χ0v) is 16.1. The largest absolute Gasteiger partial charge is 0.506 e. The van der Waals surface area contributed by atoms with Gasteiger partial charge in [0.25, 0.3) is 0 Å². The number of aromatic carboxylic acids is 1. The van der Waals surface area contributed by atoms with Crippen LogP contribution in [0.4, 0.5) is 0 Å². The van der Waals surface area contributed by atoms with Crippen molar-refractivity contribution in [2.45, 2.75) is 13.5 Å². The molecule has 0 unspecified atom stereocenters. The molecule has 0 spiro atoms. The number of phenolic OH excluding ortho intramolecular Hbond substituents is 1. The molecule has 1 aliphatic heterocycles. The van der Waals surface area contributed by atoms with E-state index in [2.05, 4.69) is 11.8 Å². The van der Waals surface area contributed by atoms with Crippen LogP contribution in [0, 0.1) is 0 Å². The van der Waals surface area contributed by atoms with E-state index in [9.17, 15) is 15.0 Å². The van der Waals surface area contributed by atoms with Crippen molar-refractivity contribution in [2.24, 2.45) is 0 Å². The summed E-state index contributed by atoms with van der Waals surface area (Å²) in [6.07, 6.45) is 1.96. The number of aromatic hydroxyl groups is 1. The van der Waals surface area contributed by atoms with Gasteiger partial charge in [0.05, 0.1) is 21.8 Å². The molecule has 142 valence electrons. The molecule has 0 radical (unpaired) electrons. The van der Waals surface area contributed by atoms with Crippen molar-refractivity contribution in [2.75, 3.05) is 13.1 Å². The van der Waals surface area contributed by atoms with E-state index >= 15 is 0 Å². The molecule has 0 fully saturated rings. The molecule has 1 aliphatic rings. The van der Waals surface area contributed by atoms with Crippen LogP contribution in [0.5, 0.6) is 5.75 Å². The number of pyridine rings is 1. The highest BCUT2D eigenvalue weighted by molar-refractivity contribution is 6.32. The Kier molecular flexibility index (Phi) is 4.79. The number of carboxylic acid groups (broad SMARTS) is 1. The quantitative estimate of drug-likeness (QED) is 0.675. The molecule has 0 bridgehead atoms. The minimum Gasteiger partial charge on any atom is -0.506 e. The number of nitrogens with zero attached hydrogens (tertiary/aromatic N) is 2. The number of fused-ring (bicyclic) bond motifs is 2. The second-order valence-electron chi connectivity index (χ2n) is 6.82. The summed E-state index contributed by atoms with van der Waals surface area (Å²) in [6, 6.07) is 12.3. The summed E-state index contributed by atoms with van der Waals surface area (Å²) < 4.78 is 0. The summed E-state index contributed by atoms with van der Waals surface area (Å²) in [5.74, 6) is -0.917. The highest BCUT2D eigenvalue weighted by Gasteiger charge is 2.27. The van der Waals surface area contributed by atoms with E-state index in [1.54, 1.807) is 24.3 Å². The Morgan fingerprint density at radius 2 is 2.04 bits per heavy atom. The van der Waals surface area contributed by atoms with Crippen molar-refractivity contribution in [3.63, 3.8) is 0 Å². The van der Waals surface area contributed by atoms with Gasteiger partial charge < -0.3 is 10.2 Å². The Labute approximate surface area is 167 Å². The lowest BCUT2D eigenvalue weighted by atomic mass is 9.92. The van der Waals surface area contributed by atoms with Gasteiger partial charge in [0, 0.05) is 24.0 Å². The van der Waals surface area contributed by atoms with Crippen LogP contribution >= 0.6 is 11.6 Å². The van der Waals surface area contributed by atoms with Gasteiger partial charge in [-0.2, -0.15) is 0 Å². The van der Waals surface area contributed by atoms with Crippen LogP contribution in [0.25, 0.3) is 22.6 Å². The third-order valence-corrected chi connectivity index (χ3v) is 5.35. The number of carbonyl (C=O) groups is 1. The predicted octanol–water partition coefficient (Wildman–Crippen LogP) is 4.67. The van der Waals surface area contributed by atoms with Crippen molar-refractivity contribution in [1.29, 1.82) is 0 Å². The SMILES string of the molecule is CCN1C/C(=C/c2ccc(O)c(Cl)c2)c2nc3ccccc3c(C(=O)O)c2C1. The number of para-hydroxylation sites is 1. The minimum absolute atomic E-state index is 0.0281. The maximum absolute atomic E-state index is 12.1. The van der Waals surface area contributed by atoms with E-state index in [0.29, 0.717) is 35.2 Å². The van der Waals surface area contributed by atoms with Crippen LogP contribution < -0.4 is 0 Å². The lowest BCUT2D eigenvalue weighted by molar-refractivity contribution is 0.0696. The average Bonchev–Trinajstić information content (AvgIpc) is 2.68. The first kappa shape index (κ1) is 18.5. The molecule has 0 atom stereocenters. The van der Waals surface area contributed by atoms with Crippen LogP contribution in [0.2, 0.25) is 5.02 Å². The molecule has 0 saturated carbocycles. The fourth-order valence-corrected chi connectivity index (χ4v) is 3.85. The van der Waals surface area contributed by atoms with E-state index in [1.165, 1.54) is 0 Å². The van der Waals surface area contributed by atoms with Crippen molar-refractivity contribution < 1.29 is 15.0 Å². The highest BCUT2D eigenvalue weighted by Crippen LogP contribution is 2.34.